The molecule has 0 aromatic heterocycles. The number of methoxy groups -OCH3 is 1. The Kier molecular flexibility index (Phi) is 6.80. The average molecular weight is 315 g/mol. The summed E-state index contributed by atoms with van der Waals surface area (Å²) in [6.07, 6.45) is 0.586. The van der Waals surface area contributed by atoms with E-state index in [4.69, 9.17) is 4.74 Å². The first-order valence-corrected chi connectivity index (χ1v) is 8.17. The fraction of sp³-hybridized carbons (Fsp3) is 0.500. The molecule has 1 aromatic carbocycles. The molecule has 0 spiro atoms. The molecule has 0 unspecified atom stereocenters. The molecule has 1 aromatic rings. The number of ether oxygens (including phenoxy) is 2. The molecular weight excluding hydrogens is 294 g/mol. The molecule has 0 saturated carbocycles. The van der Waals surface area contributed by atoms with E-state index in [2.05, 4.69) is 9.46 Å². The first-order chi connectivity index (χ1) is 9.92. The van der Waals surface area contributed by atoms with Crippen molar-refractivity contribution in [3.8, 4) is 0 Å². The second kappa shape index (κ2) is 8.11. The molecule has 0 fully saturated rings. The van der Waals surface area contributed by atoms with Crippen molar-refractivity contribution in [1.82, 2.24) is 4.72 Å². The van der Waals surface area contributed by atoms with Gasteiger partial charge in [-0.25, -0.2) is 17.9 Å². The average Bonchev–Trinajstić information content (AvgIpc) is 2.46. The molecule has 0 bridgehead atoms. The summed E-state index contributed by atoms with van der Waals surface area (Å²) in [4.78, 5) is 11.6. The first-order valence-electron chi connectivity index (χ1n) is 6.68. The van der Waals surface area contributed by atoms with Gasteiger partial charge >= 0.3 is 5.97 Å². The fourth-order valence-electron chi connectivity index (χ4n) is 1.71. The molecular formula is C14H21NO5S. The minimum absolute atomic E-state index is 0.0462. The highest BCUT2D eigenvalue weighted by Gasteiger charge is 2.17. The zero-order valence-electron chi connectivity index (χ0n) is 12.5. The van der Waals surface area contributed by atoms with Gasteiger partial charge in [0.25, 0.3) is 0 Å². The van der Waals surface area contributed by atoms with Gasteiger partial charge in [-0.15, -0.1) is 0 Å². The van der Waals surface area contributed by atoms with Crippen LogP contribution in [-0.2, 0) is 19.5 Å². The van der Waals surface area contributed by atoms with Crippen molar-refractivity contribution >= 4 is 16.0 Å². The smallest absolute Gasteiger partial charge is 0.338 e. The van der Waals surface area contributed by atoms with Crippen molar-refractivity contribution in [1.29, 1.82) is 0 Å². The molecule has 0 atom stereocenters. The van der Waals surface area contributed by atoms with Gasteiger partial charge in [-0.3, -0.25) is 0 Å². The second-order valence-electron chi connectivity index (χ2n) is 4.42. The summed E-state index contributed by atoms with van der Waals surface area (Å²) in [7, 11) is -2.38. The molecule has 0 aliphatic heterocycles. The quantitative estimate of drug-likeness (QED) is 0.580. The second-order valence-corrected chi connectivity index (χ2v) is 6.18. The molecule has 0 amide bonds. The maximum absolute atomic E-state index is 12.1. The van der Waals surface area contributed by atoms with Gasteiger partial charge in [-0.05, 0) is 38.0 Å². The number of esters is 1. The maximum atomic E-state index is 12.1. The number of aryl methyl sites for hydroxylation is 1. The van der Waals surface area contributed by atoms with Gasteiger partial charge in [0.05, 0.1) is 17.6 Å². The zero-order valence-corrected chi connectivity index (χ0v) is 13.3. The van der Waals surface area contributed by atoms with E-state index in [1.165, 1.54) is 19.2 Å². The van der Waals surface area contributed by atoms with Gasteiger partial charge < -0.3 is 9.47 Å². The van der Waals surface area contributed by atoms with E-state index in [-0.39, 0.29) is 17.0 Å². The van der Waals surface area contributed by atoms with Crippen LogP contribution in [-0.4, -0.2) is 41.3 Å². The van der Waals surface area contributed by atoms with Gasteiger partial charge in [0.15, 0.2) is 0 Å². The molecule has 0 aliphatic carbocycles. The van der Waals surface area contributed by atoms with E-state index in [1.54, 1.807) is 13.0 Å². The number of rotatable bonds is 8. The van der Waals surface area contributed by atoms with Gasteiger partial charge in [-0.2, -0.15) is 0 Å². The maximum Gasteiger partial charge on any atom is 0.338 e. The highest BCUT2D eigenvalue weighted by Crippen LogP contribution is 2.16. The lowest BCUT2D eigenvalue weighted by molar-refractivity contribution is 0.0599. The molecule has 1 N–H and O–H groups in total. The van der Waals surface area contributed by atoms with Crippen LogP contribution in [0.4, 0.5) is 0 Å². The summed E-state index contributed by atoms with van der Waals surface area (Å²) in [6, 6.07) is 4.37. The number of carbonyl (C=O) groups is 1. The molecule has 6 nitrogen and oxygen atoms in total. The van der Waals surface area contributed by atoms with Crippen LogP contribution in [0.5, 0.6) is 0 Å². The third kappa shape index (κ3) is 5.11. The lowest BCUT2D eigenvalue weighted by Gasteiger charge is -2.09. The van der Waals surface area contributed by atoms with Crippen LogP contribution < -0.4 is 4.72 Å². The predicted molar refractivity (Wildman–Crippen MR) is 78.8 cm³/mol. The highest BCUT2D eigenvalue weighted by molar-refractivity contribution is 7.89. The van der Waals surface area contributed by atoms with Crippen molar-refractivity contribution in [3.63, 3.8) is 0 Å². The molecule has 7 heteroatoms. The van der Waals surface area contributed by atoms with Crippen molar-refractivity contribution in [2.24, 2.45) is 0 Å². The lowest BCUT2D eigenvalue weighted by atomic mass is 10.1. The third-order valence-corrected chi connectivity index (χ3v) is 4.35. The van der Waals surface area contributed by atoms with Crippen molar-refractivity contribution in [2.75, 3.05) is 26.9 Å². The topological polar surface area (TPSA) is 81.7 Å². The third-order valence-electron chi connectivity index (χ3n) is 2.89. The standard InChI is InChI=1S/C14H21NO5S/c1-4-20-9-5-8-15-21(17,18)12-7-6-11(2)13(10-12)14(16)19-3/h6-7,10,15H,4-5,8-9H2,1-3H3. The van der Waals surface area contributed by atoms with E-state index in [9.17, 15) is 13.2 Å². The van der Waals surface area contributed by atoms with Crippen LogP contribution in [0.3, 0.4) is 0 Å². The summed E-state index contributed by atoms with van der Waals surface area (Å²) in [5, 5.41) is 0. The zero-order chi connectivity index (χ0) is 15.9. The van der Waals surface area contributed by atoms with E-state index in [0.29, 0.717) is 25.2 Å². The summed E-state index contributed by atoms with van der Waals surface area (Å²) in [6.45, 7) is 4.99. The van der Waals surface area contributed by atoms with E-state index < -0.39 is 16.0 Å². The van der Waals surface area contributed by atoms with Crippen LogP contribution in [0.15, 0.2) is 23.1 Å². The van der Waals surface area contributed by atoms with Crippen LogP contribution >= 0.6 is 0 Å². The molecule has 1 rings (SSSR count). The lowest BCUT2D eigenvalue weighted by Crippen LogP contribution is -2.26. The molecule has 21 heavy (non-hydrogen) atoms. The Morgan fingerprint density at radius 2 is 2.05 bits per heavy atom. The number of carbonyl (C=O) groups excluding carboxylic acids is 1. The highest BCUT2D eigenvalue weighted by atomic mass is 32.2. The van der Waals surface area contributed by atoms with E-state index >= 15 is 0 Å². The Morgan fingerprint density at radius 1 is 1.33 bits per heavy atom. The van der Waals surface area contributed by atoms with Crippen molar-refractivity contribution in [3.05, 3.63) is 29.3 Å². The summed E-state index contributed by atoms with van der Waals surface area (Å²) in [5.41, 5.74) is 0.909. The minimum Gasteiger partial charge on any atom is -0.465 e. The Hall–Kier alpha value is -1.44. The molecule has 0 radical (unpaired) electrons. The summed E-state index contributed by atoms with van der Waals surface area (Å²) < 4.78 is 36.5. The Labute approximate surface area is 125 Å². The van der Waals surface area contributed by atoms with E-state index in [0.717, 1.165) is 0 Å². The van der Waals surface area contributed by atoms with Crippen LogP contribution in [0, 0.1) is 6.92 Å². The predicted octanol–water partition coefficient (Wildman–Crippen LogP) is 1.49. The van der Waals surface area contributed by atoms with Crippen LogP contribution in [0.1, 0.15) is 29.3 Å². The van der Waals surface area contributed by atoms with Gasteiger partial charge in [-0.1, -0.05) is 6.07 Å². The van der Waals surface area contributed by atoms with Gasteiger partial charge in [0.1, 0.15) is 0 Å². The number of hydrogen-bond donors (Lipinski definition) is 1. The monoisotopic (exact) mass is 315 g/mol. The number of nitrogens with one attached hydrogen (secondary N) is 1. The number of hydrogen-bond acceptors (Lipinski definition) is 5. The first kappa shape index (κ1) is 17.6. The molecule has 0 heterocycles. The van der Waals surface area contributed by atoms with Crippen molar-refractivity contribution in [2.45, 2.75) is 25.2 Å². The van der Waals surface area contributed by atoms with Crippen LogP contribution in [0.25, 0.3) is 0 Å². The SMILES string of the molecule is CCOCCCNS(=O)(=O)c1ccc(C)c(C(=O)OC)c1. The number of sulfonamides is 1. The van der Waals surface area contributed by atoms with Crippen LogP contribution in [0.2, 0.25) is 0 Å². The van der Waals surface area contributed by atoms with Crippen molar-refractivity contribution < 1.29 is 22.7 Å². The Balaban J connectivity index is 2.81. The summed E-state index contributed by atoms with van der Waals surface area (Å²) in [5.74, 6) is -0.555. The molecule has 0 saturated heterocycles. The van der Waals surface area contributed by atoms with Gasteiger partial charge in [0, 0.05) is 19.8 Å². The minimum atomic E-state index is -3.64. The van der Waals surface area contributed by atoms with E-state index in [1.807, 2.05) is 6.92 Å². The molecule has 0 aliphatic rings. The van der Waals surface area contributed by atoms with Gasteiger partial charge in [0.2, 0.25) is 10.0 Å². The molecule has 118 valence electrons. The number of benzene rings is 1. The fourth-order valence-corrected chi connectivity index (χ4v) is 2.81. The normalized spacial score (nSPS) is 11.4. The Morgan fingerprint density at radius 3 is 2.67 bits per heavy atom. The Bertz CT molecular complexity index is 583. The largest absolute Gasteiger partial charge is 0.465 e. The summed E-state index contributed by atoms with van der Waals surface area (Å²) >= 11 is 0.